The lowest BCUT2D eigenvalue weighted by atomic mass is 9.96. The number of fused-ring (bicyclic) bond motifs is 7. The van der Waals surface area contributed by atoms with Crippen LogP contribution in [-0.4, -0.2) is 24.5 Å². The summed E-state index contributed by atoms with van der Waals surface area (Å²) in [7, 11) is 0. The average molecular weight is 804 g/mol. The standard InChI is InChI=1S/C58H37N5/c1-4-15-44(16-5-1)56-60-57(45-17-6-2-7-18-45)62-58(61-56)46-34-30-41(31-35-46)39-26-24-38(25-27-39)40-28-32-43(33-29-40)54-53-49-22-12-13-23-51(49)63(47-19-8-3-9-20-47)55(53)52-48-21-11-10-14-42(48)36-37-50(52)59-54/h1-37H. The molecule has 0 aliphatic carbocycles. The molecule has 0 atom stereocenters. The van der Waals surface area contributed by atoms with Crippen LogP contribution in [-0.2, 0) is 0 Å². The molecular formula is C58H37N5. The van der Waals surface area contributed by atoms with E-state index in [1.54, 1.807) is 0 Å². The van der Waals surface area contributed by atoms with E-state index in [0.717, 1.165) is 72.3 Å². The fourth-order valence-electron chi connectivity index (χ4n) is 8.97. The van der Waals surface area contributed by atoms with Crippen LogP contribution in [0.25, 0.3) is 117 Å². The van der Waals surface area contributed by atoms with Crippen molar-refractivity contribution in [2.45, 2.75) is 0 Å². The first-order chi connectivity index (χ1) is 31.2. The van der Waals surface area contributed by atoms with Crippen molar-refractivity contribution >= 4 is 43.5 Å². The number of para-hydroxylation sites is 2. The Hall–Kier alpha value is -8.54. The average Bonchev–Trinajstić information content (AvgIpc) is 3.72. The first-order valence-corrected chi connectivity index (χ1v) is 21.2. The van der Waals surface area contributed by atoms with E-state index in [-0.39, 0.29) is 0 Å². The minimum atomic E-state index is 0.642. The van der Waals surface area contributed by atoms with Gasteiger partial charge in [-0.05, 0) is 57.3 Å². The Balaban J connectivity index is 0.889. The molecule has 12 aromatic rings. The van der Waals surface area contributed by atoms with Gasteiger partial charge in [0.05, 0.1) is 22.2 Å². The van der Waals surface area contributed by atoms with Crippen LogP contribution in [0.1, 0.15) is 0 Å². The molecule has 9 aromatic carbocycles. The third kappa shape index (κ3) is 6.42. The molecule has 3 aromatic heterocycles. The summed E-state index contributed by atoms with van der Waals surface area (Å²) in [5.41, 5.74) is 13.9. The van der Waals surface area contributed by atoms with Crippen molar-refractivity contribution in [3.8, 4) is 73.4 Å². The lowest BCUT2D eigenvalue weighted by molar-refractivity contribution is 1.07. The highest BCUT2D eigenvalue weighted by atomic mass is 15.0. The number of aromatic nitrogens is 5. The van der Waals surface area contributed by atoms with Gasteiger partial charge in [-0.15, -0.1) is 0 Å². The number of benzene rings is 9. The minimum absolute atomic E-state index is 0.642. The van der Waals surface area contributed by atoms with Crippen LogP contribution in [0, 0.1) is 0 Å². The minimum Gasteiger partial charge on any atom is -0.308 e. The van der Waals surface area contributed by atoms with Gasteiger partial charge in [0.15, 0.2) is 17.5 Å². The van der Waals surface area contributed by atoms with Crippen molar-refractivity contribution in [1.29, 1.82) is 0 Å². The summed E-state index contributed by atoms with van der Waals surface area (Å²) < 4.78 is 2.42. The molecule has 0 saturated heterocycles. The number of rotatable bonds is 7. The summed E-state index contributed by atoms with van der Waals surface area (Å²) >= 11 is 0. The van der Waals surface area contributed by atoms with E-state index >= 15 is 0 Å². The highest BCUT2D eigenvalue weighted by Crippen LogP contribution is 2.43. The Morgan fingerprint density at radius 2 is 0.714 bits per heavy atom. The summed E-state index contributed by atoms with van der Waals surface area (Å²) in [6, 6.07) is 78.7. The first-order valence-electron chi connectivity index (χ1n) is 21.2. The Kier molecular flexibility index (Phi) is 8.75. The molecule has 5 heteroatoms. The van der Waals surface area contributed by atoms with Gasteiger partial charge in [-0.3, -0.25) is 0 Å². The first kappa shape index (κ1) is 36.3. The molecular weight excluding hydrogens is 767 g/mol. The van der Waals surface area contributed by atoms with Crippen LogP contribution in [0.2, 0.25) is 0 Å². The Morgan fingerprint density at radius 3 is 1.27 bits per heavy atom. The lowest BCUT2D eigenvalue weighted by Gasteiger charge is -2.14. The van der Waals surface area contributed by atoms with E-state index in [1.807, 2.05) is 60.7 Å². The second-order valence-corrected chi connectivity index (χ2v) is 15.8. The fraction of sp³-hybridized carbons (Fsp3) is 0. The van der Waals surface area contributed by atoms with E-state index in [9.17, 15) is 0 Å². The monoisotopic (exact) mass is 803 g/mol. The normalized spacial score (nSPS) is 11.5. The van der Waals surface area contributed by atoms with Crippen LogP contribution >= 0.6 is 0 Å². The maximum absolute atomic E-state index is 5.47. The topological polar surface area (TPSA) is 56.5 Å². The quantitative estimate of drug-likeness (QED) is 0.151. The summed E-state index contributed by atoms with van der Waals surface area (Å²) in [6.45, 7) is 0. The summed E-state index contributed by atoms with van der Waals surface area (Å²) in [5, 5.41) is 5.91. The molecule has 0 aliphatic heterocycles. The molecule has 12 rings (SSSR count). The molecule has 294 valence electrons. The Morgan fingerprint density at radius 1 is 0.286 bits per heavy atom. The Bertz CT molecular complexity index is 3560. The lowest BCUT2D eigenvalue weighted by Crippen LogP contribution is -2.00. The molecule has 0 unspecified atom stereocenters. The van der Waals surface area contributed by atoms with Crippen LogP contribution in [0.3, 0.4) is 0 Å². The van der Waals surface area contributed by atoms with Gasteiger partial charge in [-0.2, -0.15) is 0 Å². The molecule has 63 heavy (non-hydrogen) atoms. The maximum atomic E-state index is 5.47. The molecule has 0 N–H and O–H groups in total. The summed E-state index contributed by atoms with van der Waals surface area (Å²) in [4.78, 5) is 20.1. The van der Waals surface area contributed by atoms with E-state index in [0.29, 0.717) is 17.5 Å². The second-order valence-electron chi connectivity index (χ2n) is 15.8. The van der Waals surface area contributed by atoms with Gasteiger partial charge < -0.3 is 4.57 Å². The van der Waals surface area contributed by atoms with Crippen LogP contribution in [0.15, 0.2) is 224 Å². The van der Waals surface area contributed by atoms with Crippen LogP contribution < -0.4 is 0 Å². The highest BCUT2D eigenvalue weighted by molar-refractivity contribution is 6.27. The molecule has 0 saturated carbocycles. The molecule has 5 nitrogen and oxygen atoms in total. The molecule has 0 aliphatic rings. The van der Waals surface area contributed by atoms with Crippen molar-refractivity contribution in [2.75, 3.05) is 0 Å². The third-order valence-corrected chi connectivity index (χ3v) is 12.1. The SMILES string of the molecule is c1ccc(-c2nc(-c3ccccc3)nc(-c3ccc(-c4ccc(-c5ccc(-c6nc7ccc8ccccc8c7c7c6c6ccccc6n7-c6ccccc6)cc5)cc4)cc3)n2)cc1. The fourth-order valence-corrected chi connectivity index (χ4v) is 8.97. The predicted octanol–water partition coefficient (Wildman–Crippen LogP) is 14.7. The second kappa shape index (κ2) is 15.2. The van der Waals surface area contributed by atoms with Crippen molar-refractivity contribution in [3.63, 3.8) is 0 Å². The summed E-state index contributed by atoms with van der Waals surface area (Å²) in [6.07, 6.45) is 0. The zero-order valence-electron chi connectivity index (χ0n) is 34.1. The van der Waals surface area contributed by atoms with E-state index < -0.39 is 0 Å². The molecule has 0 fully saturated rings. The number of nitrogens with zero attached hydrogens (tertiary/aromatic N) is 5. The van der Waals surface area contributed by atoms with Gasteiger partial charge in [0.2, 0.25) is 0 Å². The van der Waals surface area contributed by atoms with Crippen molar-refractivity contribution in [1.82, 2.24) is 24.5 Å². The van der Waals surface area contributed by atoms with Crippen molar-refractivity contribution in [2.24, 2.45) is 0 Å². The smallest absolute Gasteiger partial charge is 0.164 e. The molecule has 0 bridgehead atoms. The van der Waals surface area contributed by atoms with Crippen LogP contribution in [0.5, 0.6) is 0 Å². The van der Waals surface area contributed by atoms with Gasteiger partial charge in [0.1, 0.15) is 0 Å². The van der Waals surface area contributed by atoms with E-state index in [1.165, 1.54) is 27.1 Å². The zero-order chi connectivity index (χ0) is 41.7. The van der Waals surface area contributed by atoms with E-state index in [4.69, 9.17) is 19.9 Å². The highest BCUT2D eigenvalue weighted by Gasteiger charge is 2.22. The van der Waals surface area contributed by atoms with Crippen molar-refractivity contribution in [3.05, 3.63) is 224 Å². The van der Waals surface area contributed by atoms with Gasteiger partial charge >= 0.3 is 0 Å². The predicted molar refractivity (Wildman–Crippen MR) is 260 cm³/mol. The zero-order valence-corrected chi connectivity index (χ0v) is 34.1. The molecule has 0 amide bonds. The van der Waals surface area contributed by atoms with Gasteiger partial charge in [0, 0.05) is 44.1 Å². The number of hydrogen-bond donors (Lipinski definition) is 0. The van der Waals surface area contributed by atoms with Gasteiger partial charge in [0.25, 0.3) is 0 Å². The van der Waals surface area contributed by atoms with E-state index in [2.05, 4.69) is 168 Å². The third-order valence-electron chi connectivity index (χ3n) is 12.1. The van der Waals surface area contributed by atoms with Gasteiger partial charge in [-0.1, -0.05) is 200 Å². The van der Waals surface area contributed by atoms with Gasteiger partial charge in [-0.25, -0.2) is 19.9 Å². The molecule has 0 radical (unpaired) electrons. The molecule has 0 spiro atoms. The number of hydrogen-bond acceptors (Lipinski definition) is 4. The largest absolute Gasteiger partial charge is 0.308 e. The summed E-state index contributed by atoms with van der Waals surface area (Å²) in [5.74, 6) is 1.94. The number of pyridine rings is 1. The molecule has 3 heterocycles. The van der Waals surface area contributed by atoms with Crippen LogP contribution in [0.4, 0.5) is 0 Å². The van der Waals surface area contributed by atoms with Crippen molar-refractivity contribution < 1.29 is 0 Å². The Labute approximate surface area is 364 Å². The maximum Gasteiger partial charge on any atom is 0.164 e.